The Hall–Kier alpha value is -2.30. The quantitative estimate of drug-likeness (QED) is 0.764. The number of hydrogen-bond acceptors (Lipinski definition) is 3. The first kappa shape index (κ1) is 12.8. The van der Waals surface area contributed by atoms with E-state index in [0.717, 1.165) is 0 Å². The van der Waals surface area contributed by atoms with Crippen molar-refractivity contribution in [3.8, 4) is 5.75 Å². The van der Waals surface area contributed by atoms with Crippen LogP contribution in [0.15, 0.2) is 30.9 Å². The van der Waals surface area contributed by atoms with Gasteiger partial charge >= 0.3 is 5.97 Å². The second kappa shape index (κ2) is 5.69. The lowest BCUT2D eigenvalue weighted by molar-refractivity contribution is -0.114. The monoisotopic (exact) mass is 235 g/mol. The summed E-state index contributed by atoms with van der Waals surface area (Å²) < 4.78 is 5.28. The topological polar surface area (TPSA) is 75.6 Å². The van der Waals surface area contributed by atoms with Gasteiger partial charge in [-0.2, -0.15) is 0 Å². The lowest BCUT2D eigenvalue weighted by Crippen LogP contribution is -2.12. The van der Waals surface area contributed by atoms with E-state index < -0.39 is 5.97 Å². The average molecular weight is 235 g/mol. The molecule has 0 heterocycles. The van der Waals surface area contributed by atoms with Crippen molar-refractivity contribution in [2.24, 2.45) is 0 Å². The van der Waals surface area contributed by atoms with E-state index in [1.54, 1.807) is 12.1 Å². The van der Waals surface area contributed by atoms with Gasteiger partial charge in [-0.1, -0.05) is 18.7 Å². The first-order valence-electron chi connectivity index (χ1n) is 4.94. The molecule has 0 fully saturated rings. The molecule has 1 aromatic rings. The summed E-state index contributed by atoms with van der Waals surface area (Å²) in [5.74, 6) is -1.18. The predicted octanol–water partition coefficient (Wildman–Crippen LogP) is 1.91. The smallest absolute Gasteiger partial charge is 0.337 e. The van der Waals surface area contributed by atoms with Crippen LogP contribution in [0.25, 0.3) is 0 Å². The summed E-state index contributed by atoms with van der Waals surface area (Å²) in [5, 5.41) is 11.5. The summed E-state index contributed by atoms with van der Waals surface area (Å²) in [6, 6.07) is 4.53. The molecule has 0 aliphatic carbocycles. The molecule has 0 saturated carbocycles. The van der Waals surface area contributed by atoms with Gasteiger partial charge < -0.3 is 15.2 Å². The van der Waals surface area contributed by atoms with Gasteiger partial charge in [0.05, 0.1) is 11.3 Å². The van der Waals surface area contributed by atoms with Crippen LogP contribution in [0.2, 0.25) is 0 Å². The number of benzene rings is 1. The van der Waals surface area contributed by atoms with Crippen LogP contribution in [0.3, 0.4) is 0 Å². The molecule has 0 atom stereocenters. The number of carbonyl (C=O) groups is 2. The van der Waals surface area contributed by atoms with E-state index in [-0.39, 0.29) is 23.8 Å². The number of amides is 1. The minimum absolute atomic E-state index is 0.0123. The zero-order valence-electron chi connectivity index (χ0n) is 9.40. The molecule has 0 spiro atoms. The van der Waals surface area contributed by atoms with Gasteiger partial charge in [0.25, 0.3) is 0 Å². The molecule has 0 aromatic heterocycles. The van der Waals surface area contributed by atoms with Crippen molar-refractivity contribution in [1.82, 2.24) is 0 Å². The van der Waals surface area contributed by atoms with Crippen LogP contribution in [0, 0.1) is 0 Å². The van der Waals surface area contributed by atoms with Gasteiger partial charge in [-0.05, 0) is 12.1 Å². The highest BCUT2D eigenvalue weighted by molar-refractivity contribution is 6.01. The van der Waals surface area contributed by atoms with Crippen molar-refractivity contribution in [3.63, 3.8) is 0 Å². The van der Waals surface area contributed by atoms with Crippen molar-refractivity contribution in [2.75, 3.05) is 11.9 Å². The van der Waals surface area contributed by atoms with E-state index in [1.807, 2.05) is 0 Å². The van der Waals surface area contributed by atoms with Crippen LogP contribution in [-0.4, -0.2) is 23.6 Å². The van der Waals surface area contributed by atoms with Crippen molar-refractivity contribution < 1.29 is 19.4 Å². The summed E-state index contributed by atoms with van der Waals surface area (Å²) in [7, 11) is 0. The van der Waals surface area contributed by atoms with Gasteiger partial charge in [0.1, 0.15) is 12.4 Å². The highest BCUT2D eigenvalue weighted by atomic mass is 16.5. The van der Waals surface area contributed by atoms with E-state index >= 15 is 0 Å². The number of carboxylic acids is 1. The second-order valence-corrected chi connectivity index (χ2v) is 3.26. The highest BCUT2D eigenvalue weighted by Crippen LogP contribution is 2.28. The third-order valence-corrected chi connectivity index (χ3v) is 1.91. The van der Waals surface area contributed by atoms with Gasteiger partial charge in [0.15, 0.2) is 0 Å². The lowest BCUT2D eigenvalue weighted by Gasteiger charge is -2.12. The average Bonchev–Trinajstić information content (AvgIpc) is 2.26. The van der Waals surface area contributed by atoms with Crippen LogP contribution >= 0.6 is 0 Å². The van der Waals surface area contributed by atoms with E-state index in [0.29, 0.717) is 5.75 Å². The SMILES string of the molecule is C=CCOc1cccc(C(=O)O)c1NC(C)=O. The summed E-state index contributed by atoms with van der Waals surface area (Å²) >= 11 is 0. The number of para-hydroxylation sites is 1. The molecule has 1 aromatic carbocycles. The molecule has 0 aliphatic rings. The summed E-state index contributed by atoms with van der Waals surface area (Å²) in [5.41, 5.74) is 0.149. The maximum absolute atomic E-state index is 11.0. The zero-order valence-corrected chi connectivity index (χ0v) is 9.40. The lowest BCUT2D eigenvalue weighted by atomic mass is 10.1. The summed E-state index contributed by atoms with van der Waals surface area (Å²) in [6.45, 7) is 5.03. The molecule has 0 aliphatic heterocycles. The van der Waals surface area contributed by atoms with Gasteiger partial charge in [0.2, 0.25) is 5.91 Å². The van der Waals surface area contributed by atoms with Crippen LogP contribution < -0.4 is 10.1 Å². The van der Waals surface area contributed by atoms with E-state index in [4.69, 9.17) is 9.84 Å². The number of aromatic carboxylic acids is 1. The van der Waals surface area contributed by atoms with Gasteiger partial charge in [-0.15, -0.1) is 0 Å². The molecular weight excluding hydrogens is 222 g/mol. The standard InChI is InChI=1S/C12H13NO4/c1-3-7-17-10-6-4-5-9(12(15)16)11(10)13-8(2)14/h3-6H,1,7H2,2H3,(H,13,14)(H,15,16). The number of nitrogens with one attached hydrogen (secondary N) is 1. The molecule has 1 amide bonds. The van der Waals surface area contributed by atoms with Crippen molar-refractivity contribution in [3.05, 3.63) is 36.4 Å². The number of ether oxygens (including phenoxy) is 1. The molecule has 0 saturated heterocycles. The molecule has 0 bridgehead atoms. The van der Waals surface area contributed by atoms with Crippen molar-refractivity contribution in [1.29, 1.82) is 0 Å². The van der Waals surface area contributed by atoms with Gasteiger partial charge in [0, 0.05) is 6.92 Å². The maximum Gasteiger partial charge on any atom is 0.337 e. The van der Waals surface area contributed by atoms with Gasteiger partial charge in [-0.3, -0.25) is 4.79 Å². The first-order chi connectivity index (χ1) is 8.06. The van der Waals surface area contributed by atoms with Crippen LogP contribution in [0.5, 0.6) is 5.75 Å². The Morgan fingerprint density at radius 1 is 1.53 bits per heavy atom. The van der Waals surface area contributed by atoms with Crippen LogP contribution in [0.1, 0.15) is 17.3 Å². The molecule has 90 valence electrons. The molecule has 17 heavy (non-hydrogen) atoms. The third kappa shape index (κ3) is 3.34. The fraction of sp³-hybridized carbons (Fsp3) is 0.167. The predicted molar refractivity (Wildman–Crippen MR) is 63.4 cm³/mol. The molecule has 2 N–H and O–H groups in total. The molecule has 5 heteroatoms. The van der Waals surface area contributed by atoms with E-state index in [9.17, 15) is 9.59 Å². The Morgan fingerprint density at radius 2 is 2.24 bits per heavy atom. The van der Waals surface area contributed by atoms with Gasteiger partial charge in [-0.25, -0.2) is 4.79 Å². The Bertz CT molecular complexity index is 454. The minimum Gasteiger partial charge on any atom is -0.487 e. The third-order valence-electron chi connectivity index (χ3n) is 1.91. The second-order valence-electron chi connectivity index (χ2n) is 3.26. The summed E-state index contributed by atoms with van der Waals surface area (Å²) in [6.07, 6.45) is 1.53. The number of rotatable bonds is 5. The van der Waals surface area contributed by atoms with Crippen molar-refractivity contribution in [2.45, 2.75) is 6.92 Å². The Kier molecular flexibility index (Phi) is 4.28. The van der Waals surface area contributed by atoms with E-state index in [1.165, 1.54) is 19.1 Å². The Morgan fingerprint density at radius 3 is 2.76 bits per heavy atom. The van der Waals surface area contributed by atoms with Crippen LogP contribution in [-0.2, 0) is 4.79 Å². The Balaban J connectivity index is 3.18. The Labute approximate surface area is 98.7 Å². The highest BCUT2D eigenvalue weighted by Gasteiger charge is 2.15. The molecule has 0 radical (unpaired) electrons. The zero-order chi connectivity index (χ0) is 12.8. The fourth-order valence-corrected chi connectivity index (χ4v) is 1.28. The van der Waals surface area contributed by atoms with Crippen LogP contribution in [0.4, 0.5) is 5.69 Å². The van der Waals surface area contributed by atoms with Crippen molar-refractivity contribution >= 4 is 17.6 Å². The normalized spacial score (nSPS) is 9.47. The van der Waals surface area contributed by atoms with E-state index in [2.05, 4.69) is 11.9 Å². The largest absolute Gasteiger partial charge is 0.487 e. The first-order valence-corrected chi connectivity index (χ1v) is 4.94. The molecular formula is C12H13NO4. The number of carbonyl (C=O) groups excluding carboxylic acids is 1. The maximum atomic E-state index is 11.0. The minimum atomic E-state index is -1.13. The number of carboxylic acid groups (broad SMARTS) is 1. The summed E-state index contributed by atoms with van der Waals surface area (Å²) in [4.78, 5) is 22.0. The number of anilines is 1. The fourth-order valence-electron chi connectivity index (χ4n) is 1.28. The molecule has 5 nitrogen and oxygen atoms in total. The molecule has 1 rings (SSSR count). The number of hydrogen-bond donors (Lipinski definition) is 2. The molecule has 0 unspecified atom stereocenters.